The molecule has 0 radical (unpaired) electrons. The largest absolute Gasteiger partial charge is 0.376 e. The summed E-state index contributed by atoms with van der Waals surface area (Å²) in [5.41, 5.74) is 3.68. The van der Waals surface area contributed by atoms with Gasteiger partial charge >= 0.3 is 0 Å². The molecule has 1 fully saturated rings. The standard InChI is InChI=1S/C12H16Cl2N2O/c13-8-4-5-10(14)9(7-8)12(16-15)11-3-1-2-6-17-11/h4-5,7,11-12,16H,1-3,6,15H2. The molecule has 2 rings (SSSR count). The van der Waals surface area contributed by atoms with Crippen LogP contribution >= 0.6 is 23.2 Å². The quantitative estimate of drug-likeness (QED) is 0.658. The maximum Gasteiger partial charge on any atom is 0.0783 e. The van der Waals surface area contributed by atoms with Gasteiger partial charge in [-0.15, -0.1) is 0 Å². The summed E-state index contributed by atoms with van der Waals surface area (Å²) in [6.07, 6.45) is 3.31. The first-order chi connectivity index (χ1) is 8.22. The van der Waals surface area contributed by atoms with Crippen molar-refractivity contribution in [3.63, 3.8) is 0 Å². The van der Waals surface area contributed by atoms with Crippen LogP contribution in [0.5, 0.6) is 0 Å². The average Bonchev–Trinajstić information content (AvgIpc) is 2.36. The highest BCUT2D eigenvalue weighted by Gasteiger charge is 2.26. The summed E-state index contributed by atoms with van der Waals surface area (Å²) in [4.78, 5) is 0. The third-order valence-electron chi connectivity index (χ3n) is 3.06. The van der Waals surface area contributed by atoms with E-state index in [1.165, 1.54) is 0 Å². The van der Waals surface area contributed by atoms with E-state index in [0.29, 0.717) is 10.0 Å². The Balaban J connectivity index is 2.24. The summed E-state index contributed by atoms with van der Waals surface area (Å²) in [5, 5.41) is 1.31. The van der Waals surface area contributed by atoms with E-state index in [4.69, 9.17) is 33.8 Å². The molecule has 1 aliphatic heterocycles. The average molecular weight is 275 g/mol. The van der Waals surface area contributed by atoms with Crippen molar-refractivity contribution < 1.29 is 4.74 Å². The Morgan fingerprint density at radius 3 is 2.82 bits per heavy atom. The first-order valence-electron chi connectivity index (χ1n) is 5.75. The van der Waals surface area contributed by atoms with Crippen LogP contribution in [0.15, 0.2) is 18.2 Å². The van der Waals surface area contributed by atoms with Gasteiger partial charge in [-0.05, 0) is 43.0 Å². The molecule has 17 heavy (non-hydrogen) atoms. The molecule has 0 saturated carbocycles. The predicted molar refractivity (Wildman–Crippen MR) is 70.1 cm³/mol. The molecule has 1 aromatic rings. The molecular weight excluding hydrogens is 259 g/mol. The van der Waals surface area contributed by atoms with Crippen molar-refractivity contribution in [3.8, 4) is 0 Å². The summed E-state index contributed by atoms with van der Waals surface area (Å²) in [7, 11) is 0. The lowest BCUT2D eigenvalue weighted by Crippen LogP contribution is -2.39. The maximum absolute atomic E-state index is 6.18. The fraction of sp³-hybridized carbons (Fsp3) is 0.500. The number of nitrogens with two attached hydrogens (primary N) is 1. The van der Waals surface area contributed by atoms with Crippen molar-refractivity contribution in [2.45, 2.75) is 31.4 Å². The summed E-state index contributed by atoms with van der Waals surface area (Å²) >= 11 is 12.2. The van der Waals surface area contributed by atoms with Crippen molar-refractivity contribution in [2.75, 3.05) is 6.61 Å². The zero-order valence-corrected chi connectivity index (χ0v) is 11.0. The molecule has 3 nitrogen and oxygen atoms in total. The van der Waals surface area contributed by atoms with Crippen molar-refractivity contribution in [1.82, 2.24) is 5.43 Å². The van der Waals surface area contributed by atoms with E-state index in [1.807, 2.05) is 6.07 Å². The van der Waals surface area contributed by atoms with Crippen LogP contribution in [-0.2, 0) is 4.74 Å². The third kappa shape index (κ3) is 3.12. The van der Waals surface area contributed by atoms with Crippen molar-refractivity contribution in [3.05, 3.63) is 33.8 Å². The van der Waals surface area contributed by atoms with Gasteiger partial charge in [-0.25, -0.2) is 0 Å². The minimum atomic E-state index is -0.110. The number of benzene rings is 1. The smallest absolute Gasteiger partial charge is 0.0783 e. The van der Waals surface area contributed by atoms with E-state index < -0.39 is 0 Å². The lowest BCUT2D eigenvalue weighted by Gasteiger charge is -2.30. The number of hydrogen-bond donors (Lipinski definition) is 2. The zero-order chi connectivity index (χ0) is 12.3. The van der Waals surface area contributed by atoms with Gasteiger partial charge in [0.05, 0.1) is 12.1 Å². The molecule has 3 N–H and O–H groups in total. The van der Waals surface area contributed by atoms with Crippen LogP contribution in [0, 0.1) is 0 Å². The van der Waals surface area contributed by atoms with E-state index >= 15 is 0 Å². The fourth-order valence-corrected chi connectivity index (χ4v) is 2.59. The van der Waals surface area contributed by atoms with Crippen molar-refractivity contribution >= 4 is 23.2 Å². The number of hydrogen-bond acceptors (Lipinski definition) is 3. The Labute approximate surface area is 111 Å². The molecule has 1 aliphatic rings. The predicted octanol–water partition coefficient (Wildman–Crippen LogP) is 3.07. The molecule has 0 aromatic heterocycles. The molecule has 1 saturated heterocycles. The number of rotatable bonds is 3. The van der Waals surface area contributed by atoms with Crippen molar-refractivity contribution in [2.24, 2.45) is 5.84 Å². The van der Waals surface area contributed by atoms with Crippen LogP contribution in [0.25, 0.3) is 0 Å². The van der Waals surface area contributed by atoms with Crippen molar-refractivity contribution in [1.29, 1.82) is 0 Å². The monoisotopic (exact) mass is 274 g/mol. The van der Waals surface area contributed by atoms with Crippen LogP contribution in [0.3, 0.4) is 0 Å². The highest BCUT2D eigenvalue weighted by Crippen LogP contribution is 2.32. The Morgan fingerprint density at radius 1 is 1.35 bits per heavy atom. The van der Waals surface area contributed by atoms with E-state index in [-0.39, 0.29) is 12.1 Å². The number of nitrogens with one attached hydrogen (secondary N) is 1. The van der Waals surface area contributed by atoms with Gasteiger partial charge < -0.3 is 4.74 Å². The van der Waals surface area contributed by atoms with Gasteiger partial charge in [-0.3, -0.25) is 11.3 Å². The summed E-state index contributed by atoms with van der Waals surface area (Å²) in [5.74, 6) is 5.62. The number of hydrazine groups is 1. The summed E-state index contributed by atoms with van der Waals surface area (Å²) < 4.78 is 5.74. The molecule has 0 aliphatic carbocycles. The van der Waals surface area contributed by atoms with Crippen LogP contribution in [-0.4, -0.2) is 12.7 Å². The summed E-state index contributed by atoms with van der Waals surface area (Å²) in [6, 6.07) is 5.28. The van der Waals surface area contributed by atoms with Gasteiger partial charge in [-0.2, -0.15) is 0 Å². The Morgan fingerprint density at radius 2 is 2.18 bits per heavy atom. The summed E-state index contributed by atoms with van der Waals surface area (Å²) in [6.45, 7) is 0.779. The first-order valence-corrected chi connectivity index (χ1v) is 6.50. The second-order valence-electron chi connectivity index (χ2n) is 4.22. The maximum atomic E-state index is 6.18. The molecule has 1 heterocycles. The van der Waals surface area contributed by atoms with E-state index in [2.05, 4.69) is 5.43 Å². The molecule has 2 unspecified atom stereocenters. The zero-order valence-electron chi connectivity index (χ0n) is 9.46. The van der Waals surface area contributed by atoms with Crippen LogP contribution in [0.4, 0.5) is 0 Å². The normalized spacial score (nSPS) is 22.4. The van der Waals surface area contributed by atoms with E-state index in [1.54, 1.807) is 12.1 Å². The Bertz CT molecular complexity index is 381. The number of halogens is 2. The molecule has 0 bridgehead atoms. The third-order valence-corrected chi connectivity index (χ3v) is 3.64. The van der Waals surface area contributed by atoms with Crippen LogP contribution in [0.1, 0.15) is 30.9 Å². The fourth-order valence-electron chi connectivity index (χ4n) is 2.18. The Hall–Kier alpha value is -0.320. The highest BCUT2D eigenvalue weighted by molar-refractivity contribution is 6.33. The molecule has 0 spiro atoms. The van der Waals surface area contributed by atoms with E-state index in [0.717, 1.165) is 31.4 Å². The lowest BCUT2D eigenvalue weighted by molar-refractivity contribution is -0.00819. The van der Waals surface area contributed by atoms with Gasteiger partial charge in [0.2, 0.25) is 0 Å². The Kier molecular flexibility index (Phi) is 4.65. The topological polar surface area (TPSA) is 47.3 Å². The van der Waals surface area contributed by atoms with Crippen LogP contribution in [0.2, 0.25) is 10.0 Å². The molecule has 1 aromatic carbocycles. The van der Waals surface area contributed by atoms with E-state index in [9.17, 15) is 0 Å². The molecule has 94 valence electrons. The van der Waals surface area contributed by atoms with Gasteiger partial charge in [0, 0.05) is 16.7 Å². The molecule has 5 heteroatoms. The lowest BCUT2D eigenvalue weighted by atomic mass is 9.96. The highest BCUT2D eigenvalue weighted by atomic mass is 35.5. The molecule has 2 atom stereocenters. The number of ether oxygens (including phenoxy) is 1. The second kappa shape index (κ2) is 6.03. The molecule has 0 amide bonds. The van der Waals surface area contributed by atoms with Crippen LogP contribution < -0.4 is 11.3 Å². The minimum Gasteiger partial charge on any atom is -0.376 e. The van der Waals surface area contributed by atoms with Gasteiger partial charge in [0.25, 0.3) is 0 Å². The van der Waals surface area contributed by atoms with Gasteiger partial charge in [-0.1, -0.05) is 23.2 Å². The SMILES string of the molecule is NNC(c1cc(Cl)ccc1Cl)C1CCCCO1. The van der Waals surface area contributed by atoms with Gasteiger partial charge in [0.1, 0.15) is 0 Å². The molecular formula is C12H16Cl2N2O. The first kappa shape index (κ1) is 13.1. The second-order valence-corrected chi connectivity index (χ2v) is 5.06. The van der Waals surface area contributed by atoms with Gasteiger partial charge in [0.15, 0.2) is 0 Å². The minimum absolute atomic E-state index is 0.0599.